The van der Waals surface area contributed by atoms with Crippen LogP contribution in [0.4, 0.5) is 0 Å². The second-order valence-corrected chi connectivity index (χ2v) is 12.1. The molecule has 2 aromatic carbocycles. The minimum absolute atomic E-state index is 0.349. The molecule has 0 amide bonds. The van der Waals surface area contributed by atoms with E-state index in [9.17, 15) is 8.42 Å². The van der Waals surface area contributed by atoms with Crippen LogP contribution in [-0.4, -0.2) is 37.4 Å². The average Bonchev–Trinajstić information content (AvgIpc) is 2.72. The van der Waals surface area contributed by atoms with Crippen molar-refractivity contribution in [2.75, 3.05) is 14.1 Å². The van der Waals surface area contributed by atoms with Gasteiger partial charge in [-0.2, -0.15) is 17.4 Å². The first-order valence-corrected chi connectivity index (χ1v) is 13.1. The SMILES string of the molecule is CN(C)S(=O)(=O)NC1CC(C)(C)Oc2nc(-c3ccc(Cl)cc3Cl)c(-c3ccc(Cl)cc3)cc21. The molecule has 1 aliphatic heterocycles. The van der Waals surface area contributed by atoms with Crippen molar-refractivity contribution >= 4 is 45.0 Å². The Hall–Kier alpha value is -1.87. The fraction of sp³-hybridized carbons (Fsp3) is 0.292. The van der Waals surface area contributed by atoms with E-state index in [1.807, 2.05) is 32.0 Å². The Morgan fingerprint density at radius 3 is 2.26 bits per heavy atom. The molecule has 0 radical (unpaired) electrons. The molecule has 3 aromatic rings. The van der Waals surface area contributed by atoms with Gasteiger partial charge in [-0.25, -0.2) is 4.98 Å². The Balaban J connectivity index is 1.96. The number of hydrogen-bond acceptors (Lipinski definition) is 4. The number of benzene rings is 2. The minimum atomic E-state index is -3.70. The van der Waals surface area contributed by atoms with E-state index in [0.29, 0.717) is 44.2 Å². The summed E-state index contributed by atoms with van der Waals surface area (Å²) in [5, 5.41) is 1.55. The molecule has 1 N–H and O–H groups in total. The van der Waals surface area contributed by atoms with Crippen LogP contribution in [0.25, 0.3) is 22.4 Å². The Morgan fingerprint density at radius 1 is 1.00 bits per heavy atom. The number of pyridine rings is 1. The van der Waals surface area contributed by atoms with Crippen molar-refractivity contribution in [2.45, 2.75) is 31.9 Å². The van der Waals surface area contributed by atoms with Crippen LogP contribution < -0.4 is 9.46 Å². The number of nitrogens with zero attached hydrogens (tertiary/aromatic N) is 2. The first-order valence-electron chi connectivity index (χ1n) is 10.5. The van der Waals surface area contributed by atoms with Crippen LogP contribution in [-0.2, 0) is 10.2 Å². The monoisotopic (exact) mass is 539 g/mol. The second-order valence-electron chi connectivity index (χ2n) is 8.93. The Morgan fingerprint density at radius 2 is 1.65 bits per heavy atom. The molecule has 10 heteroatoms. The molecule has 2 heterocycles. The summed E-state index contributed by atoms with van der Waals surface area (Å²) < 4.78 is 35.5. The summed E-state index contributed by atoms with van der Waals surface area (Å²) >= 11 is 18.8. The lowest BCUT2D eigenvalue weighted by Crippen LogP contribution is -2.44. The van der Waals surface area contributed by atoms with Gasteiger partial charge in [-0.3, -0.25) is 0 Å². The van der Waals surface area contributed by atoms with Gasteiger partial charge in [0.1, 0.15) is 5.60 Å². The fourth-order valence-corrected chi connectivity index (χ4v) is 5.28. The number of hydrogen-bond donors (Lipinski definition) is 1. The predicted octanol–water partition coefficient (Wildman–Crippen LogP) is 6.37. The number of fused-ring (bicyclic) bond motifs is 1. The van der Waals surface area contributed by atoms with Crippen LogP contribution in [0.5, 0.6) is 5.88 Å². The van der Waals surface area contributed by atoms with Gasteiger partial charge in [-0.15, -0.1) is 0 Å². The van der Waals surface area contributed by atoms with Gasteiger partial charge in [0.05, 0.1) is 16.8 Å². The van der Waals surface area contributed by atoms with Gasteiger partial charge in [0.2, 0.25) is 5.88 Å². The van der Waals surface area contributed by atoms with Gasteiger partial charge in [0.25, 0.3) is 10.2 Å². The molecule has 1 aromatic heterocycles. The molecule has 1 unspecified atom stereocenters. The van der Waals surface area contributed by atoms with Crippen molar-refractivity contribution in [2.24, 2.45) is 0 Å². The molecule has 0 fully saturated rings. The molecule has 1 aliphatic rings. The van der Waals surface area contributed by atoms with Crippen LogP contribution >= 0.6 is 34.8 Å². The van der Waals surface area contributed by atoms with Crippen LogP contribution in [0.3, 0.4) is 0 Å². The van der Waals surface area contributed by atoms with Crippen molar-refractivity contribution in [1.82, 2.24) is 14.0 Å². The van der Waals surface area contributed by atoms with E-state index in [4.69, 9.17) is 44.5 Å². The first-order chi connectivity index (χ1) is 15.9. The highest BCUT2D eigenvalue weighted by molar-refractivity contribution is 7.87. The Kier molecular flexibility index (Phi) is 6.90. The number of halogens is 3. The van der Waals surface area contributed by atoms with Gasteiger partial charge in [0, 0.05) is 47.3 Å². The van der Waals surface area contributed by atoms with Crippen molar-refractivity contribution in [3.05, 3.63) is 69.2 Å². The van der Waals surface area contributed by atoms with E-state index < -0.39 is 21.9 Å². The third-order valence-electron chi connectivity index (χ3n) is 5.57. The van der Waals surface area contributed by atoms with E-state index >= 15 is 0 Å². The van der Waals surface area contributed by atoms with Gasteiger partial charge >= 0.3 is 0 Å². The van der Waals surface area contributed by atoms with E-state index in [-0.39, 0.29) is 0 Å². The molecular weight excluding hydrogens is 517 g/mol. The van der Waals surface area contributed by atoms with Crippen molar-refractivity contribution in [3.63, 3.8) is 0 Å². The summed E-state index contributed by atoms with van der Waals surface area (Å²) in [5.41, 5.74) is 2.87. The molecule has 4 rings (SSSR count). The summed E-state index contributed by atoms with van der Waals surface area (Å²) in [4.78, 5) is 4.86. The third-order valence-corrected chi connectivity index (χ3v) is 7.92. The lowest BCUT2D eigenvalue weighted by Gasteiger charge is -2.37. The topological polar surface area (TPSA) is 71.5 Å². The smallest absolute Gasteiger partial charge is 0.279 e. The van der Waals surface area contributed by atoms with Gasteiger partial charge in [-0.05, 0) is 55.8 Å². The highest BCUT2D eigenvalue weighted by Gasteiger charge is 2.38. The van der Waals surface area contributed by atoms with Crippen LogP contribution in [0, 0.1) is 0 Å². The molecule has 180 valence electrons. The van der Waals surface area contributed by atoms with Crippen LogP contribution in [0.15, 0.2) is 48.5 Å². The Bertz CT molecular complexity index is 1340. The normalized spacial score (nSPS) is 17.4. The van der Waals surface area contributed by atoms with E-state index in [1.54, 1.807) is 30.3 Å². The molecule has 1 atom stereocenters. The summed E-state index contributed by atoms with van der Waals surface area (Å²) in [6, 6.07) is 13.9. The first kappa shape index (κ1) is 25.2. The maximum atomic E-state index is 12.7. The molecule has 0 saturated heterocycles. The van der Waals surface area contributed by atoms with Gasteiger partial charge in [-0.1, -0.05) is 46.9 Å². The zero-order valence-electron chi connectivity index (χ0n) is 19.1. The molecule has 34 heavy (non-hydrogen) atoms. The van der Waals surface area contributed by atoms with Gasteiger partial charge < -0.3 is 4.74 Å². The second kappa shape index (κ2) is 9.30. The van der Waals surface area contributed by atoms with Crippen molar-refractivity contribution in [1.29, 1.82) is 0 Å². The zero-order chi connectivity index (χ0) is 24.8. The van der Waals surface area contributed by atoms with Crippen LogP contribution in [0.2, 0.25) is 15.1 Å². The summed E-state index contributed by atoms with van der Waals surface area (Å²) in [7, 11) is -0.735. The fourth-order valence-electron chi connectivity index (χ4n) is 3.87. The number of rotatable bonds is 5. The van der Waals surface area contributed by atoms with Crippen LogP contribution in [0.1, 0.15) is 31.9 Å². The van der Waals surface area contributed by atoms with E-state index in [0.717, 1.165) is 15.4 Å². The van der Waals surface area contributed by atoms with Crippen molar-refractivity contribution < 1.29 is 13.2 Å². The summed E-state index contributed by atoms with van der Waals surface area (Å²) in [6.07, 6.45) is 0.426. The van der Waals surface area contributed by atoms with Gasteiger partial charge in [0.15, 0.2) is 0 Å². The molecule has 0 saturated carbocycles. The average molecular weight is 541 g/mol. The zero-order valence-corrected chi connectivity index (χ0v) is 22.1. The molecule has 0 aliphatic carbocycles. The molecular formula is C24H24Cl3N3O3S. The molecule has 0 bridgehead atoms. The largest absolute Gasteiger partial charge is 0.471 e. The number of nitrogens with one attached hydrogen (secondary N) is 1. The highest BCUT2D eigenvalue weighted by Crippen LogP contribution is 2.45. The van der Waals surface area contributed by atoms with E-state index in [1.165, 1.54) is 14.1 Å². The molecule has 0 spiro atoms. The highest BCUT2D eigenvalue weighted by atomic mass is 35.5. The lowest BCUT2D eigenvalue weighted by atomic mass is 9.89. The van der Waals surface area contributed by atoms with E-state index in [2.05, 4.69) is 4.72 Å². The molecule has 6 nitrogen and oxygen atoms in total. The number of ether oxygens (including phenoxy) is 1. The maximum Gasteiger partial charge on any atom is 0.279 e. The summed E-state index contributed by atoms with van der Waals surface area (Å²) in [5.74, 6) is 0.349. The number of aromatic nitrogens is 1. The maximum absolute atomic E-state index is 12.7. The van der Waals surface area contributed by atoms with Crippen molar-refractivity contribution in [3.8, 4) is 28.3 Å². The quantitative estimate of drug-likeness (QED) is 0.408. The predicted molar refractivity (Wildman–Crippen MR) is 138 cm³/mol. The minimum Gasteiger partial charge on any atom is -0.471 e. The third kappa shape index (κ3) is 5.20. The lowest BCUT2D eigenvalue weighted by molar-refractivity contribution is 0.0641. The standard InChI is InChI=1S/C24H24Cl3N3O3S/c1-24(2)13-21(29-34(31,32)30(3)4)19-12-18(14-5-7-15(25)8-6-14)22(28-23(19)33-24)17-10-9-16(26)11-20(17)27/h5-12,21,29H,13H2,1-4H3. The summed E-state index contributed by atoms with van der Waals surface area (Å²) in [6.45, 7) is 3.80. The Labute approximate surface area is 215 Å².